The summed E-state index contributed by atoms with van der Waals surface area (Å²) in [6.07, 6.45) is 0. The summed E-state index contributed by atoms with van der Waals surface area (Å²) in [5, 5.41) is 9.74. The molecule has 1 aromatic heterocycles. The van der Waals surface area contributed by atoms with Crippen molar-refractivity contribution < 1.29 is 4.79 Å². The molecule has 3 aromatic carbocycles. The van der Waals surface area contributed by atoms with Gasteiger partial charge in [-0.1, -0.05) is 78.9 Å². The molecule has 0 saturated carbocycles. The zero-order valence-corrected chi connectivity index (χ0v) is 16.8. The molecule has 5 nitrogen and oxygen atoms in total. The highest BCUT2D eigenvalue weighted by atomic mass is 16.2. The van der Waals surface area contributed by atoms with Crippen molar-refractivity contribution in [1.29, 1.82) is 0 Å². The second-order valence-corrected chi connectivity index (χ2v) is 7.10. The molecule has 5 heteroatoms. The molecule has 30 heavy (non-hydrogen) atoms. The number of nitrogens with zero attached hydrogens (tertiary/aromatic N) is 1. The number of aromatic nitrogens is 2. The summed E-state index contributed by atoms with van der Waals surface area (Å²) in [7, 11) is 0. The Kier molecular flexibility index (Phi) is 5.26. The Balaban J connectivity index is 1.93. The van der Waals surface area contributed by atoms with Gasteiger partial charge in [0.05, 0.1) is 5.69 Å². The van der Waals surface area contributed by atoms with E-state index in [0.717, 1.165) is 22.3 Å². The highest BCUT2D eigenvalue weighted by Gasteiger charge is 2.23. The maximum atomic E-state index is 13.4. The molecule has 0 aliphatic rings. The first-order valence-electron chi connectivity index (χ1n) is 9.67. The number of benzene rings is 3. The van der Waals surface area contributed by atoms with Crippen LogP contribution < -0.4 is 10.9 Å². The number of hydrogen-bond acceptors (Lipinski definition) is 3. The van der Waals surface area contributed by atoms with Crippen LogP contribution in [-0.2, 0) is 0 Å². The summed E-state index contributed by atoms with van der Waals surface area (Å²) in [6, 6.07) is 24.7. The van der Waals surface area contributed by atoms with Gasteiger partial charge in [-0.05, 0) is 30.5 Å². The molecule has 0 atom stereocenters. The van der Waals surface area contributed by atoms with Crippen LogP contribution in [0.5, 0.6) is 0 Å². The Morgan fingerprint density at radius 3 is 1.97 bits per heavy atom. The van der Waals surface area contributed by atoms with E-state index in [2.05, 4.69) is 15.5 Å². The largest absolute Gasteiger partial charge is 0.321 e. The van der Waals surface area contributed by atoms with E-state index in [0.29, 0.717) is 16.9 Å². The normalized spacial score (nSPS) is 10.6. The average molecular weight is 395 g/mol. The number of rotatable bonds is 4. The van der Waals surface area contributed by atoms with Gasteiger partial charge in [0, 0.05) is 16.8 Å². The number of para-hydroxylation sites is 1. The third kappa shape index (κ3) is 3.65. The number of nitrogens with one attached hydrogen (secondary N) is 2. The van der Waals surface area contributed by atoms with Crippen molar-refractivity contribution in [1.82, 2.24) is 10.2 Å². The number of hydrogen-bond donors (Lipinski definition) is 2. The lowest BCUT2D eigenvalue weighted by Crippen LogP contribution is -2.26. The summed E-state index contributed by atoms with van der Waals surface area (Å²) in [5.74, 6) is -0.466. The number of carbonyl (C=O) groups excluding carboxylic acids is 1. The predicted molar refractivity (Wildman–Crippen MR) is 120 cm³/mol. The minimum absolute atomic E-state index is 0.0395. The number of anilines is 1. The Labute approximate surface area is 174 Å². The fraction of sp³-hybridized carbons (Fsp3) is 0.0800. The highest BCUT2D eigenvalue weighted by molar-refractivity contribution is 6.10. The molecule has 0 unspecified atom stereocenters. The second-order valence-electron chi connectivity index (χ2n) is 7.10. The van der Waals surface area contributed by atoms with Crippen LogP contribution in [0.2, 0.25) is 0 Å². The Bertz CT molecular complexity index is 1240. The summed E-state index contributed by atoms with van der Waals surface area (Å²) in [4.78, 5) is 26.2. The molecule has 148 valence electrons. The van der Waals surface area contributed by atoms with Gasteiger partial charge < -0.3 is 5.32 Å². The first-order valence-corrected chi connectivity index (χ1v) is 9.67. The third-order valence-corrected chi connectivity index (χ3v) is 5.04. The van der Waals surface area contributed by atoms with Gasteiger partial charge in [0.15, 0.2) is 0 Å². The van der Waals surface area contributed by atoms with E-state index in [1.165, 1.54) is 0 Å². The molecule has 4 rings (SSSR count). The summed E-state index contributed by atoms with van der Waals surface area (Å²) in [5.41, 5.74) is 4.70. The smallest absolute Gasteiger partial charge is 0.277 e. The van der Waals surface area contributed by atoms with Crippen molar-refractivity contribution in [2.75, 3.05) is 5.32 Å². The van der Waals surface area contributed by atoms with Crippen molar-refractivity contribution in [3.05, 3.63) is 106 Å². The summed E-state index contributed by atoms with van der Waals surface area (Å²) in [6.45, 7) is 3.85. The number of carbonyl (C=O) groups is 1. The topological polar surface area (TPSA) is 74.8 Å². The molecule has 0 radical (unpaired) electrons. The zero-order valence-electron chi connectivity index (χ0n) is 16.8. The predicted octanol–water partition coefficient (Wildman–Crippen LogP) is 4.97. The molecule has 4 aromatic rings. The molecule has 2 N–H and O–H groups in total. The number of aromatic amines is 1. The Morgan fingerprint density at radius 2 is 1.37 bits per heavy atom. The molecule has 1 amide bonds. The van der Waals surface area contributed by atoms with Gasteiger partial charge in [0.1, 0.15) is 5.56 Å². The lowest BCUT2D eigenvalue weighted by atomic mass is 9.95. The molecule has 1 heterocycles. The molecule has 0 saturated heterocycles. The van der Waals surface area contributed by atoms with Crippen LogP contribution in [0, 0.1) is 13.8 Å². The number of H-pyrrole nitrogens is 1. The van der Waals surface area contributed by atoms with Crippen LogP contribution in [0.25, 0.3) is 22.4 Å². The van der Waals surface area contributed by atoms with E-state index in [1.54, 1.807) is 0 Å². The second kappa shape index (κ2) is 8.17. The van der Waals surface area contributed by atoms with E-state index in [9.17, 15) is 9.59 Å². The maximum absolute atomic E-state index is 13.4. The number of aryl methyl sites for hydroxylation is 2. The van der Waals surface area contributed by atoms with E-state index < -0.39 is 11.5 Å². The molecule has 0 aliphatic carbocycles. The Morgan fingerprint density at radius 1 is 0.800 bits per heavy atom. The fourth-order valence-corrected chi connectivity index (χ4v) is 3.55. The van der Waals surface area contributed by atoms with E-state index in [-0.39, 0.29) is 5.56 Å². The van der Waals surface area contributed by atoms with E-state index >= 15 is 0 Å². The third-order valence-electron chi connectivity index (χ3n) is 5.04. The van der Waals surface area contributed by atoms with Gasteiger partial charge >= 0.3 is 0 Å². The molecule has 0 fully saturated rings. The van der Waals surface area contributed by atoms with Crippen LogP contribution >= 0.6 is 0 Å². The zero-order chi connectivity index (χ0) is 21.1. The summed E-state index contributed by atoms with van der Waals surface area (Å²) < 4.78 is 0. The quantitative estimate of drug-likeness (QED) is 0.512. The van der Waals surface area contributed by atoms with Crippen LogP contribution in [0.4, 0.5) is 5.69 Å². The SMILES string of the molecule is Cc1cccc(C)c1NC(=O)c1c(-c2ccccc2)c(-c2ccccc2)n[nH]c1=O. The Hall–Kier alpha value is -3.99. The lowest BCUT2D eigenvalue weighted by molar-refractivity contribution is 0.102. The van der Waals surface area contributed by atoms with Gasteiger partial charge in [-0.3, -0.25) is 9.59 Å². The maximum Gasteiger partial charge on any atom is 0.277 e. The monoisotopic (exact) mass is 395 g/mol. The van der Waals surface area contributed by atoms with Crippen molar-refractivity contribution >= 4 is 11.6 Å². The minimum atomic E-state index is -0.530. The van der Waals surface area contributed by atoms with E-state index in [4.69, 9.17) is 0 Å². The standard InChI is InChI=1S/C25H21N3O2/c1-16-10-9-11-17(2)22(16)26-24(29)21-20(18-12-5-3-6-13-18)23(27-28-25(21)30)19-14-7-4-8-15-19/h3-15H,1-2H3,(H,26,29)(H,28,30). The van der Waals surface area contributed by atoms with Gasteiger partial charge in [-0.15, -0.1) is 0 Å². The van der Waals surface area contributed by atoms with Crippen molar-refractivity contribution in [3.8, 4) is 22.4 Å². The number of amides is 1. The van der Waals surface area contributed by atoms with Crippen molar-refractivity contribution in [3.63, 3.8) is 0 Å². The van der Waals surface area contributed by atoms with Crippen LogP contribution in [-0.4, -0.2) is 16.1 Å². The molecule has 0 spiro atoms. The highest BCUT2D eigenvalue weighted by Crippen LogP contribution is 2.32. The molecule has 0 bridgehead atoms. The van der Waals surface area contributed by atoms with Gasteiger partial charge in [-0.25, -0.2) is 5.10 Å². The summed E-state index contributed by atoms with van der Waals surface area (Å²) >= 11 is 0. The fourth-order valence-electron chi connectivity index (χ4n) is 3.55. The lowest BCUT2D eigenvalue weighted by Gasteiger charge is -2.15. The van der Waals surface area contributed by atoms with Crippen LogP contribution in [0.15, 0.2) is 83.7 Å². The first kappa shape index (κ1) is 19.3. The van der Waals surface area contributed by atoms with Crippen LogP contribution in [0.1, 0.15) is 21.5 Å². The molecular formula is C25H21N3O2. The van der Waals surface area contributed by atoms with E-state index in [1.807, 2.05) is 92.7 Å². The van der Waals surface area contributed by atoms with Crippen LogP contribution in [0.3, 0.4) is 0 Å². The van der Waals surface area contributed by atoms with Gasteiger partial charge in [0.25, 0.3) is 11.5 Å². The molecule has 0 aliphatic heterocycles. The van der Waals surface area contributed by atoms with Crippen molar-refractivity contribution in [2.24, 2.45) is 0 Å². The average Bonchev–Trinajstić information content (AvgIpc) is 2.77. The minimum Gasteiger partial charge on any atom is -0.321 e. The molecular weight excluding hydrogens is 374 g/mol. The van der Waals surface area contributed by atoms with Gasteiger partial charge in [-0.2, -0.15) is 5.10 Å². The van der Waals surface area contributed by atoms with Gasteiger partial charge in [0.2, 0.25) is 0 Å². The first-order chi connectivity index (χ1) is 14.6. The van der Waals surface area contributed by atoms with Crippen molar-refractivity contribution in [2.45, 2.75) is 13.8 Å².